The molecule has 6 heteroatoms. The molecule has 0 aromatic heterocycles. The van der Waals surface area contributed by atoms with E-state index < -0.39 is 8.32 Å². The standard InChI is InChI=1S/C24H42O5Si/c1-24(2,3)30(4,5)28-13-12-26-11-9-18-14-19-16-22(21(17-25)20(19)15-18)29-23-8-6-7-10-27-23/h14,17,19-23H,6-13,15-16H2,1-5H3/t19-,20-,21+,22+,23?/m1/s1. The molecule has 1 saturated heterocycles. The van der Waals surface area contributed by atoms with Crippen LogP contribution in [0.25, 0.3) is 0 Å². The maximum absolute atomic E-state index is 11.8. The van der Waals surface area contributed by atoms with Crippen molar-refractivity contribution in [2.45, 2.75) is 89.8 Å². The second-order valence-corrected chi connectivity index (χ2v) is 15.6. The summed E-state index contributed by atoms with van der Waals surface area (Å²) >= 11 is 0. The summed E-state index contributed by atoms with van der Waals surface area (Å²) in [6.45, 7) is 14.2. The van der Waals surface area contributed by atoms with E-state index in [-0.39, 0.29) is 23.4 Å². The van der Waals surface area contributed by atoms with Crippen LogP contribution in [0.15, 0.2) is 11.6 Å². The smallest absolute Gasteiger partial charge is 0.192 e. The minimum absolute atomic E-state index is 0.00631. The third-order valence-electron chi connectivity index (χ3n) is 7.61. The highest BCUT2D eigenvalue weighted by molar-refractivity contribution is 6.74. The van der Waals surface area contributed by atoms with Gasteiger partial charge in [0.25, 0.3) is 0 Å². The van der Waals surface area contributed by atoms with Crippen molar-refractivity contribution < 1.29 is 23.4 Å². The number of hydrogen-bond acceptors (Lipinski definition) is 5. The molecule has 0 spiro atoms. The van der Waals surface area contributed by atoms with Gasteiger partial charge in [-0.1, -0.05) is 32.4 Å². The van der Waals surface area contributed by atoms with Crippen LogP contribution in [0.2, 0.25) is 18.1 Å². The fourth-order valence-corrected chi connectivity index (χ4v) is 5.75. The van der Waals surface area contributed by atoms with Gasteiger partial charge in [0.15, 0.2) is 14.6 Å². The summed E-state index contributed by atoms with van der Waals surface area (Å²) in [5, 5.41) is 0.235. The molecule has 1 saturated carbocycles. The first-order valence-electron chi connectivity index (χ1n) is 11.8. The monoisotopic (exact) mass is 438 g/mol. The van der Waals surface area contributed by atoms with Gasteiger partial charge in [-0.2, -0.15) is 0 Å². The van der Waals surface area contributed by atoms with E-state index in [1.54, 1.807) is 0 Å². The average Bonchev–Trinajstić information content (AvgIpc) is 3.21. The normalized spacial score (nSPS) is 32.2. The summed E-state index contributed by atoms with van der Waals surface area (Å²) in [6.07, 6.45) is 9.54. The van der Waals surface area contributed by atoms with E-state index >= 15 is 0 Å². The van der Waals surface area contributed by atoms with E-state index in [1.807, 2.05) is 0 Å². The summed E-state index contributed by atoms with van der Waals surface area (Å²) < 4.78 is 23.9. The zero-order valence-corrected chi connectivity index (χ0v) is 20.7. The number of aldehydes is 1. The van der Waals surface area contributed by atoms with E-state index in [0.717, 1.165) is 58.0 Å². The highest BCUT2D eigenvalue weighted by Crippen LogP contribution is 2.48. The Morgan fingerprint density at radius 3 is 2.67 bits per heavy atom. The number of hydrogen-bond donors (Lipinski definition) is 0. The number of fused-ring (bicyclic) bond motifs is 1. The molecule has 1 unspecified atom stereocenters. The van der Waals surface area contributed by atoms with E-state index in [0.29, 0.717) is 25.0 Å². The van der Waals surface area contributed by atoms with Crippen LogP contribution < -0.4 is 0 Å². The van der Waals surface area contributed by atoms with Crippen LogP contribution >= 0.6 is 0 Å². The van der Waals surface area contributed by atoms with Gasteiger partial charge >= 0.3 is 0 Å². The fraction of sp³-hybridized carbons (Fsp3) is 0.875. The van der Waals surface area contributed by atoms with Gasteiger partial charge in [0, 0.05) is 12.5 Å². The molecule has 2 aliphatic carbocycles. The van der Waals surface area contributed by atoms with Crippen molar-refractivity contribution in [3.05, 3.63) is 11.6 Å². The second kappa shape index (κ2) is 10.4. The fourth-order valence-electron chi connectivity index (χ4n) is 4.73. The van der Waals surface area contributed by atoms with E-state index in [1.165, 1.54) is 5.57 Å². The molecule has 0 bridgehead atoms. The molecular weight excluding hydrogens is 396 g/mol. The highest BCUT2D eigenvalue weighted by Gasteiger charge is 2.46. The Bertz CT molecular complexity index is 591. The summed E-state index contributed by atoms with van der Waals surface area (Å²) in [5.74, 6) is 0.854. The lowest BCUT2D eigenvalue weighted by atomic mass is 9.90. The Labute approximate surface area is 184 Å². The van der Waals surface area contributed by atoms with Crippen LogP contribution in [0.1, 0.15) is 59.3 Å². The Hall–Kier alpha value is -0.533. The van der Waals surface area contributed by atoms with Gasteiger partial charge in [-0.15, -0.1) is 0 Å². The van der Waals surface area contributed by atoms with Gasteiger partial charge in [-0.3, -0.25) is 0 Å². The Morgan fingerprint density at radius 2 is 2.00 bits per heavy atom. The molecular formula is C24H42O5Si. The van der Waals surface area contributed by atoms with Crippen LogP contribution in [0.5, 0.6) is 0 Å². The Balaban J connectivity index is 1.36. The molecule has 0 amide bonds. The Kier molecular flexibility index (Phi) is 8.35. The van der Waals surface area contributed by atoms with Crippen LogP contribution in [0, 0.1) is 17.8 Å². The van der Waals surface area contributed by atoms with Gasteiger partial charge in [0.05, 0.1) is 25.9 Å². The van der Waals surface area contributed by atoms with Crippen molar-refractivity contribution >= 4 is 14.6 Å². The predicted octanol–water partition coefficient (Wildman–Crippen LogP) is 5.11. The Morgan fingerprint density at radius 1 is 1.20 bits per heavy atom. The molecule has 0 N–H and O–H groups in total. The first-order valence-corrected chi connectivity index (χ1v) is 14.8. The van der Waals surface area contributed by atoms with E-state index in [2.05, 4.69) is 39.9 Å². The molecule has 0 radical (unpaired) electrons. The molecule has 5 atom stereocenters. The molecule has 172 valence electrons. The third-order valence-corrected chi connectivity index (χ3v) is 12.1. The second-order valence-electron chi connectivity index (χ2n) is 10.7. The predicted molar refractivity (Wildman–Crippen MR) is 121 cm³/mol. The first kappa shape index (κ1) is 24.1. The van der Waals surface area contributed by atoms with Gasteiger partial charge in [0.2, 0.25) is 0 Å². The van der Waals surface area contributed by atoms with Crippen LogP contribution in [-0.4, -0.2) is 53.4 Å². The average molecular weight is 439 g/mol. The van der Waals surface area contributed by atoms with Crippen LogP contribution in [0.3, 0.4) is 0 Å². The summed E-state index contributed by atoms with van der Waals surface area (Å²) in [4.78, 5) is 11.8. The lowest BCUT2D eigenvalue weighted by Crippen LogP contribution is -2.41. The van der Waals surface area contributed by atoms with E-state index in [4.69, 9.17) is 18.6 Å². The number of rotatable bonds is 10. The minimum Gasteiger partial charge on any atom is -0.414 e. The molecule has 1 heterocycles. The maximum Gasteiger partial charge on any atom is 0.192 e. The van der Waals surface area contributed by atoms with Gasteiger partial charge in [-0.05, 0) is 68.5 Å². The number of carbonyl (C=O) groups excluding carboxylic acids is 1. The van der Waals surface area contributed by atoms with Crippen molar-refractivity contribution in [2.24, 2.45) is 17.8 Å². The van der Waals surface area contributed by atoms with Gasteiger partial charge in [-0.25, -0.2) is 0 Å². The minimum atomic E-state index is -1.69. The van der Waals surface area contributed by atoms with Crippen LogP contribution in [0.4, 0.5) is 0 Å². The molecule has 3 aliphatic rings. The molecule has 0 aromatic carbocycles. The summed E-state index contributed by atoms with van der Waals surface area (Å²) in [5.41, 5.74) is 1.44. The van der Waals surface area contributed by atoms with Crippen molar-refractivity contribution in [3.63, 3.8) is 0 Å². The van der Waals surface area contributed by atoms with Crippen molar-refractivity contribution in [2.75, 3.05) is 26.4 Å². The number of allylic oxidation sites excluding steroid dienone is 1. The lowest BCUT2D eigenvalue weighted by molar-refractivity contribution is -0.194. The zero-order chi connectivity index (χ0) is 21.8. The maximum atomic E-state index is 11.8. The third kappa shape index (κ3) is 6.03. The summed E-state index contributed by atoms with van der Waals surface area (Å²) in [7, 11) is -1.69. The summed E-state index contributed by atoms with van der Waals surface area (Å²) in [6, 6.07) is 0. The largest absolute Gasteiger partial charge is 0.414 e. The molecule has 2 fully saturated rings. The van der Waals surface area contributed by atoms with Gasteiger partial charge in [0.1, 0.15) is 6.29 Å². The topological polar surface area (TPSA) is 54.0 Å². The molecule has 3 rings (SSSR count). The molecule has 5 nitrogen and oxygen atoms in total. The SMILES string of the molecule is CC(C)(C)[Si](C)(C)OCCOCCC1=C[C@@H]2C[C@H](OC3CCCCO3)[C@@H](C=O)[C@@H]2C1. The quantitative estimate of drug-likeness (QED) is 0.205. The van der Waals surface area contributed by atoms with Crippen molar-refractivity contribution in [3.8, 4) is 0 Å². The van der Waals surface area contributed by atoms with Crippen molar-refractivity contribution in [1.82, 2.24) is 0 Å². The van der Waals surface area contributed by atoms with E-state index in [9.17, 15) is 4.79 Å². The molecule has 1 aliphatic heterocycles. The zero-order valence-electron chi connectivity index (χ0n) is 19.7. The number of ether oxygens (including phenoxy) is 3. The molecule has 30 heavy (non-hydrogen) atoms. The first-order chi connectivity index (χ1) is 14.2. The number of carbonyl (C=O) groups is 1. The van der Waals surface area contributed by atoms with Crippen LogP contribution in [-0.2, 0) is 23.4 Å². The highest BCUT2D eigenvalue weighted by atomic mass is 28.4. The van der Waals surface area contributed by atoms with Crippen molar-refractivity contribution in [1.29, 1.82) is 0 Å². The van der Waals surface area contributed by atoms with Gasteiger partial charge < -0.3 is 23.4 Å². The lowest BCUT2D eigenvalue weighted by Gasteiger charge is -2.36. The molecule has 0 aromatic rings.